The molecule has 0 saturated heterocycles. The Morgan fingerprint density at radius 3 is 2.47 bits per heavy atom. The van der Waals surface area contributed by atoms with Crippen LogP contribution in [0.1, 0.15) is 37.8 Å². The quantitative estimate of drug-likeness (QED) is 0.690. The van der Waals surface area contributed by atoms with Crippen LogP contribution >= 0.6 is 0 Å². The first-order valence-electron chi connectivity index (χ1n) is 10.6. The van der Waals surface area contributed by atoms with Crippen LogP contribution in [0.5, 0.6) is 0 Å². The Kier molecular flexibility index (Phi) is 7.10. The van der Waals surface area contributed by atoms with Crippen LogP contribution in [0.25, 0.3) is 0 Å². The van der Waals surface area contributed by atoms with Crippen molar-refractivity contribution in [3.05, 3.63) is 53.6 Å². The second-order valence-electron chi connectivity index (χ2n) is 7.61. The minimum absolute atomic E-state index is 0.154. The highest BCUT2D eigenvalue weighted by atomic mass is 32.2. The predicted molar refractivity (Wildman–Crippen MR) is 125 cm³/mol. The molecule has 0 aliphatic carbocycles. The summed E-state index contributed by atoms with van der Waals surface area (Å²) < 4.78 is 27.3. The van der Waals surface area contributed by atoms with E-state index >= 15 is 0 Å². The van der Waals surface area contributed by atoms with Crippen LogP contribution in [0.4, 0.5) is 11.4 Å². The van der Waals surface area contributed by atoms with Gasteiger partial charge in [0.05, 0.1) is 10.6 Å². The van der Waals surface area contributed by atoms with Gasteiger partial charge in [-0.05, 0) is 49.2 Å². The van der Waals surface area contributed by atoms with Crippen LogP contribution in [0.15, 0.2) is 52.5 Å². The molecular weight excluding hydrogens is 428 g/mol. The van der Waals surface area contributed by atoms with Crippen molar-refractivity contribution in [3.8, 4) is 0 Å². The maximum atomic E-state index is 13.0. The highest BCUT2D eigenvalue weighted by molar-refractivity contribution is 7.89. The lowest BCUT2D eigenvalue weighted by Gasteiger charge is -2.23. The molecule has 0 bridgehead atoms. The summed E-state index contributed by atoms with van der Waals surface area (Å²) >= 11 is 0. The van der Waals surface area contributed by atoms with Crippen molar-refractivity contribution in [2.45, 2.75) is 45.4 Å². The van der Waals surface area contributed by atoms with Gasteiger partial charge in [0.25, 0.3) is 5.91 Å². The Bertz CT molecular complexity index is 1170. The Balaban J connectivity index is 1.87. The normalized spacial score (nSPS) is 14.5. The molecule has 2 aromatic carbocycles. The van der Waals surface area contributed by atoms with Gasteiger partial charge >= 0.3 is 0 Å². The van der Waals surface area contributed by atoms with E-state index in [1.165, 1.54) is 15.4 Å². The van der Waals surface area contributed by atoms with Crippen molar-refractivity contribution < 1.29 is 18.0 Å². The summed E-state index contributed by atoms with van der Waals surface area (Å²) in [4.78, 5) is 25.4. The number of hydrazone groups is 1. The van der Waals surface area contributed by atoms with E-state index in [0.29, 0.717) is 30.0 Å². The van der Waals surface area contributed by atoms with Gasteiger partial charge in [0, 0.05) is 31.6 Å². The fourth-order valence-electron chi connectivity index (χ4n) is 3.54. The zero-order valence-corrected chi connectivity index (χ0v) is 19.6. The van der Waals surface area contributed by atoms with Crippen molar-refractivity contribution in [1.82, 2.24) is 4.31 Å². The number of hydrogen-bond acceptors (Lipinski definition) is 5. The average Bonchev–Trinajstić information content (AvgIpc) is 2.76. The van der Waals surface area contributed by atoms with Crippen LogP contribution in [-0.2, 0) is 19.6 Å². The van der Waals surface area contributed by atoms with Crippen LogP contribution in [0.2, 0.25) is 0 Å². The molecule has 0 atom stereocenters. The van der Waals surface area contributed by atoms with Crippen molar-refractivity contribution in [1.29, 1.82) is 0 Å². The highest BCUT2D eigenvalue weighted by Gasteiger charge is 2.27. The number of anilines is 2. The Morgan fingerprint density at radius 2 is 1.81 bits per heavy atom. The summed E-state index contributed by atoms with van der Waals surface area (Å²) in [5.74, 6) is -0.653. The Morgan fingerprint density at radius 1 is 1.09 bits per heavy atom. The van der Waals surface area contributed by atoms with E-state index in [2.05, 4.69) is 10.4 Å². The third-order valence-electron chi connectivity index (χ3n) is 5.31. The van der Waals surface area contributed by atoms with Crippen molar-refractivity contribution in [2.75, 3.05) is 23.4 Å². The SMILES string of the molecule is CCN(CC)S(=O)(=O)c1cc(NC(=O)C2=NN(c3cccc(C)c3)C(=O)CC2)ccc1C. The number of aryl methyl sites for hydroxylation is 2. The zero-order chi connectivity index (χ0) is 23.5. The molecule has 0 aromatic heterocycles. The van der Waals surface area contributed by atoms with Gasteiger partial charge in [-0.2, -0.15) is 9.41 Å². The van der Waals surface area contributed by atoms with Gasteiger partial charge in [0.1, 0.15) is 5.71 Å². The molecule has 0 unspecified atom stereocenters. The van der Waals surface area contributed by atoms with Gasteiger partial charge in [-0.15, -0.1) is 0 Å². The molecule has 170 valence electrons. The van der Waals surface area contributed by atoms with Crippen LogP contribution < -0.4 is 10.3 Å². The minimum Gasteiger partial charge on any atom is -0.321 e. The van der Waals surface area contributed by atoms with E-state index in [-0.39, 0.29) is 29.4 Å². The third kappa shape index (κ3) is 4.89. The maximum absolute atomic E-state index is 13.0. The van der Waals surface area contributed by atoms with E-state index in [4.69, 9.17) is 0 Å². The molecule has 2 aromatic rings. The first kappa shape index (κ1) is 23.6. The van der Waals surface area contributed by atoms with E-state index < -0.39 is 15.9 Å². The van der Waals surface area contributed by atoms with Gasteiger partial charge in [0.2, 0.25) is 15.9 Å². The van der Waals surface area contributed by atoms with Gasteiger partial charge < -0.3 is 5.32 Å². The second-order valence-corrected chi connectivity index (χ2v) is 9.52. The molecule has 8 nitrogen and oxygen atoms in total. The van der Waals surface area contributed by atoms with Gasteiger partial charge in [-0.1, -0.05) is 32.0 Å². The summed E-state index contributed by atoms with van der Waals surface area (Å²) in [5.41, 5.74) is 2.74. The van der Waals surface area contributed by atoms with Crippen LogP contribution in [0.3, 0.4) is 0 Å². The molecule has 1 aliphatic heterocycles. The van der Waals surface area contributed by atoms with Gasteiger partial charge in [0.15, 0.2) is 0 Å². The van der Waals surface area contributed by atoms with Gasteiger partial charge in [-0.25, -0.2) is 13.4 Å². The summed E-state index contributed by atoms with van der Waals surface area (Å²) in [6.07, 6.45) is 0.374. The van der Waals surface area contributed by atoms with Crippen molar-refractivity contribution >= 4 is 38.9 Å². The maximum Gasteiger partial charge on any atom is 0.271 e. The number of rotatable bonds is 7. The summed E-state index contributed by atoms with van der Waals surface area (Å²) in [6, 6.07) is 12.1. The minimum atomic E-state index is -3.67. The lowest BCUT2D eigenvalue weighted by atomic mass is 10.1. The van der Waals surface area contributed by atoms with Crippen LogP contribution in [0, 0.1) is 13.8 Å². The summed E-state index contributed by atoms with van der Waals surface area (Å²) in [7, 11) is -3.67. The number of nitrogens with one attached hydrogen (secondary N) is 1. The monoisotopic (exact) mass is 456 g/mol. The molecule has 1 N–H and O–H groups in total. The number of nitrogens with zero attached hydrogens (tertiary/aromatic N) is 3. The largest absolute Gasteiger partial charge is 0.321 e. The molecule has 0 radical (unpaired) electrons. The number of carbonyl (C=O) groups is 2. The molecule has 9 heteroatoms. The van der Waals surface area contributed by atoms with E-state index in [9.17, 15) is 18.0 Å². The number of benzene rings is 2. The van der Waals surface area contributed by atoms with E-state index in [1.54, 1.807) is 39.0 Å². The highest BCUT2D eigenvalue weighted by Crippen LogP contribution is 2.25. The molecular formula is C23H28N4O4S. The van der Waals surface area contributed by atoms with Gasteiger partial charge in [-0.3, -0.25) is 9.59 Å². The van der Waals surface area contributed by atoms with Crippen LogP contribution in [-0.4, -0.2) is 43.3 Å². The first-order valence-corrected chi connectivity index (χ1v) is 12.0. The molecule has 0 spiro atoms. The molecule has 1 heterocycles. The first-order chi connectivity index (χ1) is 15.2. The molecule has 0 fully saturated rings. The standard InChI is InChI=1S/C23H28N4O4S/c1-5-26(6-2)32(30,31)21-15-18(11-10-17(21)4)24-23(29)20-12-13-22(28)27(25-20)19-9-7-8-16(3)14-19/h7-11,14-15H,5-6,12-13H2,1-4H3,(H,24,29). The average molecular weight is 457 g/mol. The number of hydrogen-bond donors (Lipinski definition) is 1. The second kappa shape index (κ2) is 9.62. The zero-order valence-electron chi connectivity index (χ0n) is 18.8. The van der Waals surface area contributed by atoms with E-state index in [1.807, 2.05) is 25.1 Å². The number of sulfonamides is 1. The topological polar surface area (TPSA) is 99.2 Å². The third-order valence-corrected chi connectivity index (χ3v) is 7.50. The van der Waals surface area contributed by atoms with Crippen molar-refractivity contribution in [2.24, 2.45) is 5.10 Å². The fraction of sp³-hybridized carbons (Fsp3) is 0.348. The molecule has 1 aliphatic rings. The van der Waals surface area contributed by atoms with E-state index in [0.717, 1.165) is 5.56 Å². The van der Waals surface area contributed by atoms with Crippen molar-refractivity contribution in [3.63, 3.8) is 0 Å². The predicted octanol–water partition coefficient (Wildman–Crippen LogP) is 3.46. The Labute approximate surface area is 189 Å². The number of carbonyl (C=O) groups excluding carboxylic acids is 2. The molecule has 0 saturated carbocycles. The molecule has 3 rings (SSSR count). The molecule has 2 amide bonds. The molecule has 32 heavy (non-hydrogen) atoms. The summed E-state index contributed by atoms with van der Waals surface area (Å²) in [6.45, 7) is 7.91. The number of amides is 2. The smallest absolute Gasteiger partial charge is 0.271 e. The fourth-order valence-corrected chi connectivity index (χ4v) is 5.25. The Hall–Kier alpha value is -3.04. The summed E-state index contributed by atoms with van der Waals surface area (Å²) in [5, 5.41) is 8.26. The lowest BCUT2D eigenvalue weighted by molar-refractivity contribution is -0.118. The lowest BCUT2D eigenvalue weighted by Crippen LogP contribution is -2.36.